The molecule has 0 spiro atoms. The number of aromatic nitrogens is 3. The van der Waals surface area contributed by atoms with Crippen molar-refractivity contribution in [3.63, 3.8) is 0 Å². The number of halogens is 1. The van der Waals surface area contributed by atoms with Crippen LogP contribution in [0.5, 0.6) is 0 Å². The number of nitrogens with zero attached hydrogens (tertiary/aromatic N) is 4. The molecule has 0 atom stereocenters. The number of carbonyl (C=O) groups excluding carboxylic acids is 1. The van der Waals surface area contributed by atoms with Crippen LogP contribution in [0, 0.1) is 0 Å². The molecular weight excluding hydrogens is 370 g/mol. The van der Waals surface area contributed by atoms with Gasteiger partial charge in [-0.1, -0.05) is 34.1 Å². The van der Waals surface area contributed by atoms with Gasteiger partial charge in [0.25, 0.3) is 5.91 Å². The van der Waals surface area contributed by atoms with E-state index in [1.807, 2.05) is 35.2 Å². The molecule has 7 heteroatoms. The molecule has 0 unspecified atom stereocenters. The first kappa shape index (κ1) is 15.1. The fourth-order valence-corrected chi connectivity index (χ4v) is 3.50. The lowest BCUT2D eigenvalue weighted by Gasteiger charge is -2.36. The Bertz CT molecular complexity index is 871. The van der Waals surface area contributed by atoms with Crippen molar-refractivity contribution in [1.82, 2.24) is 20.3 Å². The first-order valence-corrected chi connectivity index (χ1v) is 8.61. The van der Waals surface area contributed by atoms with Gasteiger partial charge in [-0.2, -0.15) is 15.4 Å². The molecular formula is C17H16BrN5O. The Morgan fingerprint density at radius 2 is 1.79 bits per heavy atom. The molecule has 122 valence electrons. The molecule has 1 amide bonds. The second-order valence-corrected chi connectivity index (χ2v) is 6.68. The molecule has 4 rings (SSSR count). The van der Waals surface area contributed by atoms with Gasteiger partial charge in [0.1, 0.15) is 11.0 Å². The van der Waals surface area contributed by atoms with E-state index >= 15 is 0 Å². The van der Waals surface area contributed by atoms with E-state index in [9.17, 15) is 4.79 Å². The minimum atomic E-state index is 0.00270. The van der Waals surface area contributed by atoms with Crippen LogP contribution in [-0.4, -0.2) is 52.4 Å². The Morgan fingerprint density at radius 1 is 1.04 bits per heavy atom. The van der Waals surface area contributed by atoms with Crippen LogP contribution in [0.25, 0.3) is 11.0 Å². The van der Waals surface area contributed by atoms with Gasteiger partial charge >= 0.3 is 0 Å². The summed E-state index contributed by atoms with van der Waals surface area (Å²) in [6.07, 6.45) is 0. The highest BCUT2D eigenvalue weighted by atomic mass is 79.9. The molecule has 2 aromatic carbocycles. The van der Waals surface area contributed by atoms with Crippen molar-refractivity contribution in [2.75, 3.05) is 31.1 Å². The fourth-order valence-electron chi connectivity index (χ4n) is 3.06. The molecule has 1 saturated heterocycles. The summed E-state index contributed by atoms with van der Waals surface area (Å²) in [5, 5.41) is 10.8. The second kappa shape index (κ2) is 6.24. The van der Waals surface area contributed by atoms with Gasteiger partial charge in [-0.3, -0.25) is 4.79 Å². The van der Waals surface area contributed by atoms with Crippen LogP contribution >= 0.6 is 15.9 Å². The van der Waals surface area contributed by atoms with E-state index in [4.69, 9.17) is 0 Å². The molecule has 1 aromatic heterocycles. The first-order chi connectivity index (χ1) is 11.7. The molecule has 0 bridgehead atoms. The van der Waals surface area contributed by atoms with Crippen LogP contribution in [0.15, 0.2) is 46.9 Å². The first-order valence-electron chi connectivity index (χ1n) is 7.82. The van der Waals surface area contributed by atoms with E-state index < -0.39 is 0 Å². The molecule has 1 N–H and O–H groups in total. The maximum atomic E-state index is 12.9. The summed E-state index contributed by atoms with van der Waals surface area (Å²) in [5.74, 6) is 0.00270. The number of fused-ring (bicyclic) bond motifs is 1. The topological polar surface area (TPSA) is 65.1 Å². The summed E-state index contributed by atoms with van der Waals surface area (Å²) in [7, 11) is 0. The molecule has 2 heterocycles. The summed E-state index contributed by atoms with van der Waals surface area (Å²) in [4.78, 5) is 17.1. The SMILES string of the molecule is O=C(c1cc(Br)cc2n[nH]nc12)N1CCN(c2ccccc2)CC1. The zero-order valence-corrected chi connectivity index (χ0v) is 14.5. The van der Waals surface area contributed by atoms with Crippen LogP contribution in [0.1, 0.15) is 10.4 Å². The number of para-hydroxylation sites is 1. The van der Waals surface area contributed by atoms with Gasteiger partial charge in [0.2, 0.25) is 0 Å². The number of H-pyrrole nitrogens is 1. The zero-order valence-electron chi connectivity index (χ0n) is 12.9. The zero-order chi connectivity index (χ0) is 16.5. The number of piperazine rings is 1. The number of rotatable bonds is 2. The van der Waals surface area contributed by atoms with Gasteiger partial charge in [-0.25, -0.2) is 0 Å². The quantitative estimate of drug-likeness (QED) is 0.736. The maximum absolute atomic E-state index is 12.9. The number of hydrogen-bond acceptors (Lipinski definition) is 4. The van der Waals surface area contributed by atoms with Gasteiger partial charge in [0.05, 0.1) is 5.56 Å². The van der Waals surface area contributed by atoms with Crippen LogP contribution in [0.3, 0.4) is 0 Å². The smallest absolute Gasteiger partial charge is 0.256 e. The third kappa shape index (κ3) is 2.75. The summed E-state index contributed by atoms with van der Waals surface area (Å²) in [5.41, 5.74) is 3.09. The lowest BCUT2D eigenvalue weighted by atomic mass is 10.1. The number of nitrogens with one attached hydrogen (secondary N) is 1. The third-order valence-corrected chi connectivity index (χ3v) is 4.76. The van der Waals surface area contributed by atoms with Gasteiger partial charge in [-0.15, -0.1) is 0 Å². The standard InChI is InChI=1S/C17H16BrN5O/c18-12-10-14(16-15(11-12)19-21-20-16)17(24)23-8-6-22(7-9-23)13-4-2-1-3-5-13/h1-5,10-11H,6-9H2,(H,19,20,21). The number of hydrogen-bond donors (Lipinski definition) is 1. The minimum Gasteiger partial charge on any atom is -0.368 e. The minimum absolute atomic E-state index is 0.00270. The molecule has 6 nitrogen and oxygen atoms in total. The van der Waals surface area contributed by atoms with Crippen molar-refractivity contribution in [3.8, 4) is 0 Å². The Balaban J connectivity index is 1.53. The van der Waals surface area contributed by atoms with Gasteiger partial charge in [0, 0.05) is 36.3 Å². The largest absolute Gasteiger partial charge is 0.368 e. The Kier molecular flexibility index (Phi) is 3.93. The van der Waals surface area contributed by atoms with Crippen LogP contribution in [-0.2, 0) is 0 Å². The van der Waals surface area contributed by atoms with Crippen LogP contribution in [0.4, 0.5) is 5.69 Å². The Labute approximate surface area is 147 Å². The van der Waals surface area contributed by atoms with Crippen LogP contribution in [0.2, 0.25) is 0 Å². The second-order valence-electron chi connectivity index (χ2n) is 5.76. The summed E-state index contributed by atoms with van der Waals surface area (Å²) < 4.78 is 0.829. The number of aromatic amines is 1. The van der Waals surface area contributed by atoms with E-state index in [1.165, 1.54) is 5.69 Å². The van der Waals surface area contributed by atoms with Gasteiger partial charge in [0.15, 0.2) is 0 Å². The number of benzene rings is 2. The van der Waals surface area contributed by atoms with Crippen molar-refractivity contribution in [2.45, 2.75) is 0 Å². The highest BCUT2D eigenvalue weighted by molar-refractivity contribution is 9.10. The molecule has 0 radical (unpaired) electrons. The Hall–Kier alpha value is -2.41. The Morgan fingerprint density at radius 3 is 2.54 bits per heavy atom. The highest BCUT2D eigenvalue weighted by Crippen LogP contribution is 2.23. The fraction of sp³-hybridized carbons (Fsp3) is 0.235. The molecule has 0 aliphatic carbocycles. The van der Waals surface area contributed by atoms with E-state index in [1.54, 1.807) is 0 Å². The van der Waals surface area contributed by atoms with Crippen molar-refractivity contribution in [3.05, 3.63) is 52.5 Å². The molecule has 0 saturated carbocycles. The van der Waals surface area contributed by atoms with E-state index in [-0.39, 0.29) is 5.91 Å². The van der Waals surface area contributed by atoms with E-state index in [0.717, 1.165) is 17.6 Å². The predicted octanol–water partition coefficient (Wildman–Crippen LogP) is 2.68. The van der Waals surface area contributed by atoms with Crippen molar-refractivity contribution in [2.24, 2.45) is 0 Å². The lowest BCUT2D eigenvalue weighted by Crippen LogP contribution is -2.48. The van der Waals surface area contributed by atoms with Crippen molar-refractivity contribution >= 4 is 38.6 Å². The number of carbonyl (C=O) groups is 1. The third-order valence-electron chi connectivity index (χ3n) is 4.31. The number of anilines is 1. The highest BCUT2D eigenvalue weighted by Gasteiger charge is 2.24. The van der Waals surface area contributed by atoms with Crippen LogP contribution < -0.4 is 4.90 Å². The summed E-state index contributed by atoms with van der Waals surface area (Å²) >= 11 is 3.44. The average molecular weight is 386 g/mol. The predicted molar refractivity (Wildman–Crippen MR) is 96.1 cm³/mol. The van der Waals surface area contributed by atoms with E-state index in [0.29, 0.717) is 29.7 Å². The average Bonchev–Trinajstić information content (AvgIpc) is 3.09. The molecule has 1 fully saturated rings. The molecule has 1 aliphatic heterocycles. The molecule has 24 heavy (non-hydrogen) atoms. The monoisotopic (exact) mass is 385 g/mol. The van der Waals surface area contributed by atoms with Gasteiger partial charge in [-0.05, 0) is 24.3 Å². The van der Waals surface area contributed by atoms with E-state index in [2.05, 4.69) is 48.4 Å². The molecule has 3 aromatic rings. The van der Waals surface area contributed by atoms with Crippen molar-refractivity contribution in [1.29, 1.82) is 0 Å². The summed E-state index contributed by atoms with van der Waals surface area (Å²) in [6.45, 7) is 3.04. The normalized spacial score (nSPS) is 15.0. The van der Waals surface area contributed by atoms with Crippen molar-refractivity contribution < 1.29 is 4.79 Å². The van der Waals surface area contributed by atoms with Gasteiger partial charge < -0.3 is 9.80 Å². The summed E-state index contributed by atoms with van der Waals surface area (Å²) in [6, 6.07) is 14.0. The maximum Gasteiger partial charge on any atom is 0.256 e. The molecule has 1 aliphatic rings. The number of amides is 1. The lowest BCUT2D eigenvalue weighted by molar-refractivity contribution is 0.0748.